The number of piperidine rings is 1. The molecule has 2 rings (SSSR count). The van der Waals surface area contributed by atoms with Gasteiger partial charge in [0.2, 0.25) is 11.8 Å². The Morgan fingerprint density at radius 2 is 2.04 bits per heavy atom. The number of thiophene rings is 1. The Hall–Kier alpha value is -0.970. The Morgan fingerprint density at radius 1 is 1.33 bits per heavy atom. The Morgan fingerprint density at radius 3 is 2.67 bits per heavy atom. The van der Waals surface area contributed by atoms with Crippen LogP contribution in [0.25, 0.3) is 0 Å². The van der Waals surface area contributed by atoms with E-state index in [4.69, 9.17) is 0 Å². The van der Waals surface area contributed by atoms with Crippen LogP contribution in [-0.4, -0.2) is 50.7 Å². The largest absolute Gasteiger partial charge is 0.355 e. The van der Waals surface area contributed by atoms with Crippen LogP contribution in [0.2, 0.25) is 0 Å². The lowest BCUT2D eigenvalue weighted by Crippen LogP contribution is -2.46. The maximum Gasteiger partial charge on any atom is 0.252 e. The van der Waals surface area contributed by atoms with Gasteiger partial charge in [0.15, 0.2) is 0 Å². The number of nitrogens with zero attached hydrogens (tertiary/aromatic N) is 1. The van der Waals surface area contributed by atoms with Gasteiger partial charge in [-0.2, -0.15) is 4.31 Å². The van der Waals surface area contributed by atoms with Gasteiger partial charge in [-0.15, -0.1) is 11.3 Å². The third kappa shape index (κ3) is 5.01. The zero-order chi connectivity index (χ0) is 17.7. The lowest BCUT2D eigenvalue weighted by Gasteiger charge is -2.30. The van der Waals surface area contributed by atoms with Crippen LogP contribution in [0.1, 0.15) is 19.8 Å². The second kappa shape index (κ2) is 8.41. The van der Waals surface area contributed by atoms with Crippen LogP contribution in [0.3, 0.4) is 0 Å². The molecule has 0 aromatic carbocycles. The smallest absolute Gasteiger partial charge is 0.252 e. The van der Waals surface area contributed by atoms with Crippen molar-refractivity contribution in [2.24, 2.45) is 5.92 Å². The third-order valence-electron chi connectivity index (χ3n) is 3.70. The lowest BCUT2D eigenvalue weighted by atomic mass is 9.99. The van der Waals surface area contributed by atoms with Crippen molar-refractivity contribution >= 4 is 49.1 Å². The van der Waals surface area contributed by atoms with Crippen molar-refractivity contribution in [2.75, 3.05) is 26.2 Å². The zero-order valence-electron chi connectivity index (χ0n) is 13.2. The monoisotopic (exact) mass is 437 g/mol. The van der Waals surface area contributed by atoms with Gasteiger partial charge in [-0.3, -0.25) is 9.59 Å². The standard InChI is InChI=1S/C14H20BrN3O4S2/c1-10(19)16-6-7-17-14(20)11-3-2-8-18(9-11)24(21,22)13-5-4-12(15)23-13/h4-5,11H,2-3,6-9H2,1H3,(H,16,19)(H,17,20)/t11-/m0/s1. The minimum atomic E-state index is -3.56. The van der Waals surface area contributed by atoms with Crippen molar-refractivity contribution in [2.45, 2.75) is 24.0 Å². The SMILES string of the molecule is CC(=O)NCCNC(=O)[C@H]1CCCN(S(=O)(=O)c2ccc(Br)s2)C1. The molecular formula is C14H20BrN3O4S2. The van der Waals surface area contributed by atoms with Crippen LogP contribution in [-0.2, 0) is 19.6 Å². The summed E-state index contributed by atoms with van der Waals surface area (Å²) in [5, 5.41) is 5.34. The number of rotatable bonds is 6. The molecule has 1 aliphatic rings. The molecule has 0 saturated carbocycles. The van der Waals surface area contributed by atoms with Crippen LogP contribution in [0.5, 0.6) is 0 Å². The highest BCUT2D eigenvalue weighted by atomic mass is 79.9. The topological polar surface area (TPSA) is 95.6 Å². The van der Waals surface area contributed by atoms with E-state index < -0.39 is 10.0 Å². The molecule has 0 spiro atoms. The van der Waals surface area contributed by atoms with E-state index in [-0.39, 0.29) is 28.5 Å². The first-order chi connectivity index (χ1) is 11.3. The van der Waals surface area contributed by atoms with Crippen molar-refractivity contribution in [1.29, 1.82) is 0 Å². The summed E-state index contributed by atoms with van der Waals surface area (Å²) in [7, 11) is -3.56. The summed E-state index contributed by atoms with van der Waals surface area (Å²) < 4.78 is 27.7. The minimum Gasteiger partial charge on any atom is -0.355 e. The van der Waals surface area contributed by atoms with E-state index >= 15 is 0 Å². The summed E-state index contributed by atoms with van der Waals surface area (Å²) in [5.41, 5.74) is 0. The number of halogens is 1. The van der Waals surface area contributed by atoms with E-state index in [1.807, 2.05) is 0 Å². The Balaban J connectivity index is 1.93. The molecule has 134 valence electrons. The van der Waals surface area contributed by atoms with Gasteiger partial charge in [0.1, 0.15) is 4.21 Å². The average molecular weight is 438 g/mol. The summed E-state index contributed by atoms with van der Waals surface area (Å²) in [6.45, 7) is 2.71. The molecule has 10 heteroatoms. The fourth-order valence-electron chi connectivity index (χ4n) is 2.51. The average Bonchev–Trinajstić information content (AvgIpc) is 2.98. The number of carbonyl (C=O) groups is 2. The maximum atomic E-state index is 12.6. The first kappa shape index (κ1) is 19.4. The summed E-state index contributed by atoms with van der Waals surface area (Å²) in [6, 6.07) is 3.27. The molecule has 1 atom stereocenters. The molecule has 0 aliphatic carbocycles. The second-order valence-corrected chi connectivity index (χ2v) is 10.2. The fraction of sp³-hybridized carbons (Fsp3) is 0.571. The highest BCUT2D eigenvalue weighted by Gasteiger charge is 2.33. The van der Waals surface area contributed by atoms with Crippen LogP contribution in [0.4, 0.5) is 0 Å². The van der Waals surface area contributed by atoms with Crippen LogP contribution in [0.15, 0.2) is 20.1 Å². The third-order valence-corrected chi connectivity index (χ3v) is 7.65. The summed E-state index contributed by atoms with van der Waals surface area (Å²) in [5.74, 6) is -0.692. The molecule has 0 radical (unpaired) electrons. The predicted molar refractivity (Wildman–Crippen MR) is 95.2 cm³/mol. The van der Waals surface area contributed by atoms with Gasteiger partial charge >= 0.3 is 0 Å². The molecule has 0 unspecified atom stereocenters. The number of hydrogen-bond donors (Lipinski definition) is 2. The number of hydrogen-bond acceptors (Lipinski definition) is 5. The van der Waals surface area contributed by atoms with Gasteiger partial charge in [0, 0.05) is 33.1 Å². The van der Waals surface area contributed by atoms with Crippen molar-refractivity contribution < 1.29 is 18.0 Å². The van der Waals surface area contributed by atoms with Crippen molar-refractivity contribution in [3.63, 3.8) is 0 Å². The molecule has 2 N–H and O–H groups in total. The van der Waals surface area contributed by atoms with E-state index in [2.05, 4.69) is 26.6 Å². The molecule has 1 aliphatic heterocycles. The molecule has 1 fully saturated rings. The first-order valence-electron chi connectivity index (χ1n) is 7.58. The lowest BCUT2D eigenvalue weighted by molar-refractivity contribution is -0.126. The van der Waals surface area contributed by atoms with Gasteiger partial charge in [-0.25, -0.2) is 8.42 Å². The van der Waals surface area contributed by atoms with Crippen molar-refractivity contribution in [3.8, 4) is 0 Å². The summed E-state index contributed by atoms with van der Waals surface area (Å²) in [6.07, 6.45) is 1.31. The molecule has 7 nitrogen and oxygen atoms in total. The Kier molecular flexibility index (Phi) is 6.79. The van der Waals surface area contributed by atoms with Gasteiger partial charge in [-0.05, 0) is 40.9 Å². The van der Waals surface area contributed by atoms with Crippen LogP contribution >= 0.6 is 27.3 Å². The number of nitrogens with one attached hydrogen (secondary N) is 2. The zero-order valence-corrected chi connectivity index (χ0v) is 16.5. The van der Waals surface area contributed by atoms with E-state index in [1.165, 1.54) is 11.2 Å². The van der Waals surface area contributed by atoms with Gasteiger partial charge in [-0.1, -0.05) is 0 Å². The Bertz CT molecular complexity index is 705. The molecule has 1 aromatic heterocycles. The Labute approximate surface area is 154 Å². The molecule has 1 aromatic rings. The predicted octanol–water partition coefficient (Wildman–Crippen LogP) is 1.16. The highest BCUT2D eigenvalue weighted by molar-refractivity contribution is 9.11. The molecule has 2 heterocycles. The van der Waals surface area contributed by atoms with Gasteiger partial charge in [0.25, 0.3) is 10.0 Å². The maximum absolute atomic E-state index is 12.6. The molecular weight excluding hydrogens is 418 g/mol. The van der Waals surface area contributed by atoms with E-state index in [9.17, 15) is 18.0 Å². The van der Waals surface area contributed by atoms with Gasteiger partial charge < -0.3 is 10.6 Å². The minimum absolute atomic E-state index is 0.152. The second-order valence-electron chi connectivity index (χ2n) is 5.53. The molecule has 2 amide bonds. The first-order valence-corrected chi connectivity index (χ1v) is 10.6. The number of carbonyl (C=O) groups excluding carboxylic acids is 2. The van der Waals surface area contributed by atoms with Gasteiger partial charge in [0.05, 0.1) is 9.70 Å². The molecule has 1 saturated heterocycles. The van der Waals surface area contributed by atoms with Crippen molar-refractivity contribution in [1.82, 2.24) is 14.9 Å². The normalized spacial score (nSPS) is 19.0. The number of sulfonamides is 1. The van der Waals surface area contributed by atoms with Crippen LogP contribution in [0, 0.1) is 5.92 Å². The fourth-order valence-corrected chi connectivity index (χ4v) is 6.19. The molecule has 0 bridgehead atoms. The summed E-state index contributed by atoms with van der Waals surface area (Å²) in [4.78, 5) is 23.0. The number of amides is 2. The van der Waals surface area contributed by atoms with E-state index in [0.29, 0.717) is 32.5 Å². The van der Waals surface area contributed by atoms with E-state index in [1.54, 1.807) is 12.1 Å². The van der Waals surface area contributed by atoms with Crippen LogP contribution < -0.4 is 10.6 Å². The van der Waals surface area contributed by atoms with Crippen molar-refractivity contribution in [3.05, 3.63) is 15.9 Å². The quantitative estimate of drug-likeness (QED) is 0.652. The summed E-state index contributed by atoms with van der Waals surface area (Å²) >= 11 is 4.43. The molecule has 24 heavy (non-hydrogen) atoms. The highest BCUT2D eigenvalue weighted by Crippen LogP contribution is 2.30. The van der Waals surface area contributed by atoms with E-state index in [0.717, 1.165) is 15.1 Å².